The lowest BCUT2D eigenvalue weighted by atomic mass is 9.79. The SMILES string of the molecule is C[C@H]1C(N2CCC[C@H]2C(=O)O)C[C@](O[C@@H]2C(ON3CCC[C@H]3C=O)[C@H](O[C@H]3C(N4CCC[C@H]4C(=O)O)C(ON4CCC[C@H]4C=O)CO[C@@H]3CO)OC(CON3CCC[C@H]3C=O)[C@@H]2ON2CCC[C@H]2C=O)(C(=O)ON2CCC[C@H]2C=O)O[C@H]1[C@@H]([C@@H](CON1CCC[C@H]1C=O)ON1CCC[C@H]1C=O)N1CCC[C@H]1C(=O)O. The van der Waals surface area contributed by atoms with Crippen molar-refractivity contribution in [1.29, 1.82) is 0 Å². The van der Waals surface area contributed by atoms with Crippen molar-refractivity contribution in [1.82, 2.24) is 50.1 Å². The van der Waals surface area contributed by atoms with E-state index in [0.29, 0.717) is 128 Å². The van der Waals surface area contributed by atoms with Crippen LogP contribution in [-0.2, 0) is 110 Å². The lowest BCUT2D eigenvalue weighted by Crippen LogP contribution is -2.72. The molecule has 109 heavy (non-hydrogen) atoms. The van der Waals surface area contributed by atoms with Gasteiger partial charge in [0.05, 0.1) is 80.9 Å². The number of hydrogen-bond acceptors (Lipinski definition) is 34. The first kappa shape index (κ1) is 81.7. The molecule has 13 saturated heterocycles. The smallest absolute Gasteiger partial charge is 0.385 e. The number of carboxylic acid groups (broad SMARTS) is 3. The van der Waals surface area contributed by atoms with Gasteiger partial charge in [-0.05, 0) is 154 Å². The number of aliphatic hydroxyl groups is 1. The molecular formula is C72H108N10O27. The average Bonchev–Trinajstić information content (AvgIpc) is 1.55. The molecule has 37 nitrogen and oxygen atoms in total. The fourth-order valence-corrected chi connectivity index (χ4v) is 19.2. The van der Waals surface area contributed by atoms with Gasteiger partial charge in [-0.25, -0.2) is 4.79 Å². The van der Waals surface area contributed by atoms with Gasteiger partial charge in [-0.1, -0.05) is 6.92 Å². The molecule has 13 heterocycles. The normalized spacial score (nSPS) is 40.0. The van der Waals surface area contributed by atoms with Crippen molar-refractivity contribution in [3.05, 3.63) is 0 Å². The first-order valence-electron chi connectivity index (χ1n) is 39.5. The Kier molecular flexibility index (Phi) is 28.0. The van der Waals surface area contributed by atoms with E-state index in [1.807, 2.05) is 0 Å². The van der Waals surface area contributed by atoms with Crippen LogP contribution in [0.15, 0.2) is 0 Å². The Morgan fingerprint density at radius 1 is 0.495 bits per heavy atom. The van der Waals surface area contributed by atoms with E-state index in [4.69, 9.17) is 57.5 Å². The summed E-state index contributed by atoms with van der Waals surface area (Å²) in [6, 6.07) is -13.1. The van der Waals surface area contributed by atoms with Gasteiger partial charge < -0.3 is 82.5 Å². The number of hydrogen-bond donors (Lipinski definition) is 4. The number of rotatable bonds is 36. The lowest BCUT2D eigenvalue weighted by molar-refractivity contribution is -0.425. The van der Waals surface area contributed by atoms with Crippen LogP contribution in [0.5, 0.6) is 0 Å². The van der Waals surface area contributed by atoms with E-state index in [-0.39, 0.29) is 91.1 Å². The molecule has 25 atom stereocenters. The van der Waals surface area contributed by atoms with Crippen molar-refractivity contribution in [2.75, 3.05) is 91.9 Å². The molecule has 13 fully saturated rings. The van der Waals surface area contributed by atoms with E-state index in [9.17, 15) is 68.4 Å². The molecule has 0 bridgehead atoms. The van der Waals surface area contributed by atoms with Crippen LogP contribution in [-0.4, -0.2) is 376 Å². The number of aldehydes is 7. The highest BCUT2D eigenvalue weighted by Gasteiger charge is 2.66. The molecule has 4 N–H and O–H groups in total. The van der Waals surface area contributed by atoms with E-state index in [1.54, 1.807) is 21.6 Å². The van der Waals surface area contributed by atoms with Crippen molar-refractivity contribution < 1.29 is 131 Å². The van der Waals surface area contributed by atoms with Crippen LogP contribution in [0.2, 0.25) is 0 Å². The van der Waals surface area contributed by atoms with Crippen molar-refractivity contribution >= 4 is 67.9 Å². The van der Waals surface area contributed by atoms with E-state index < -0.39 is 202 Å². The zero-order valence-electron chi connectivity index (χ0n) is 61.8. The molecule has 0 aromatic heterocycles. The molecule has 0 aliphatic carbocycles. The zero-order valence-corrected chi connectivity index (χ0v) is 61.8. The third-order valence-electron chi connectivity index (χ3n) is 24.7. The van der Waals surface area contributed by atoms with Gasteiger partial charge in [0.15, 0.2) is 12.4 Å². The number of nitrogens with zero attached hydrogens (tertiary/aromatic N) is 10. The molecule has 37 heteroatoms. The van der Waals surface area contributed by atoms with Gasteiger partial charge >= 0.3 is 23.9 Å². The van der Waals surface area contributed by atoms with Gasteiger partial charge in [0, 0.05) is 58.3 Å². The van der Waals surface area contributed by atoms with Crippen LogP contribution < -0.4 is 0 Å². The highest BCUT2D eigenvalue weighted by molar-refractivity contribution is 5.79. The van der Waals surface area contributed by atoms with Crippen molar-refractivity contribution in [3.63, 3.8) is 0 Å². The Morgan fingerprint density at radius 3 is 1.51 bits per heavy atom. The minimum absolute atomic E-state index is 0.0266. The number of carbonyl (C=O) groups excluding carboxylic acids is 8. The molecular weight excluding hydrogens is 1440 g/mol. The van der Waals surface area contributed by atoms with Gasteiger partial charge in [0.2, 0.25) is 0 Å². The number of ether oxygens (including phenoxy) is 5. The van der Waals surface area contributed by atoms with Crippen LogP contribution in [0, 0.1) is 5.92 Å². The first-order chi connectivity index (χ1) is 52.9. The fourth-order valence-electron chi connectivity index (χ4n) is 19.2. The van der Waals surface area contributed by atoms with Crippen molar-refractivity contribution in [2.45, 2.75) is 287 Å². The number of aliphatic hydroxyl groups excluding tert-OH is 1. The number of hydroxylamine groups is 14. The second kappa shape index (κ2) is 37.3. The topological polar surface area (TPSA) is 412 Å². The molecule has 0 aromatic rings. The Hall–Kier alpha value is -5.31. The summed E-state index contributed by atoms with van der Waals surface area (Å²) < 4.78 is 37.1. The standard InChI is InChI=1S/C72H108N10O27/c1-44-55(73-22-9-19-52(73)67(91)92)32-72(71(97)109-82-31-8-18-51(82)39-89,103-62(44)60(74-23-10-20-53(74)68(93)94)58(106-79-28-5-15-48(79)36-86)42-99-76-25-2-12-45(76)33-83)104-65-64(107-80-29-6-16-49(80)37-87)59(43-100-77-26-3-13-46(77)34-84)101-70(66(65)108-81-30-7-17-50(81)38-88)102-63-56(40-90)98-41-57(105-78-27-4-14-47(78)35-85)61(63)75-24-11-21-54(75)69(95)96/h33-39,44-66,70,90H,2-32,40-43H2,1H3,(H,91,92)(H,93,94)(H,95,96)/t44-,45-,46-,47-,48-,49-,50-,51-,52-,53-,54-,55?,56+,57?,58+,59?,60+,61?,62+,63+,64-,65-,66?,70-,72-/m0/s1. The van der Waals surface area contributed by atoms with E-state index in [1.165, 1.54) is 35.4 Å². The third-order valence-corrected chi connectivity index (χ3v) is 24.7. The highest BCUT2D eigenvalue weighted by atomic mass is 16.8. The summed E-state index contributed by atoms with van der Waals surface area (Å²) in [6.45, 7) is 1.66. The maximum absolute atomic E-state index is 17.1. The summed E-state index contributed by atoms with van der Waals surface area (Å²) in [5.74, 6) is -8.80. The Morgan fingerprint density at radius 2 is 0.954 bits per heavy atom. The second-order valence-corrected chi connectivity index (χ2v) is 31.2. The number of aliphatic carboxylic acids is 3. The van der Waals surface area contributed by atoms with E-state index in [2.05, 4.69) is 0 Å². The Bertz CT molecular complexity index is 3160. The minimum atomic E-state index is -2.96. The van der Waals surface area contributed by atoms with Gasteiger partial charge in [0.1, 0.15) is 111 Å². The molecule has 13 aliphatic heterocycles. The van der Waals surface area contributed by atoms with Crippen molar-refractivity contribution in [3.8, 4) is 0 Å². The monoisotopic (exact) mass is 1540 g/mol. The van der Waals surface area contributed by atoms with Crippen LogP contribution in [0.1, 0.15) is 142 Å². The van der Waals surface area contributed by atoms with Crippen LogP contribution >= 0.6 is 0 Å². The molecule has 13 rings (SSSR count). The zero-order chi connectivity index (χ0) is 76.6. The maximum atomic E-state index is 17.1. The molecule has 608 valence electrons. The maximum Gasteiger partial charge on any atom is 0.385 e. The molecule has 5 unspecified atom stereocenters. The van der Waals surface area contributed by atoms with Gasteiger partial charge in [-0.3, -0.25) is 58.1 Å². The summed E-state index contributed by atoms with van der Waals surface area (Å²) in [6.07, 6.45) is -3.85. The number of likely N-dealkylation sites (tertiary alicyclic amines) is 3. The largest absolute Gasteiger partial charge is 0.480 e. The van der Waals surface area contributed by atoms with Crippen LogP contribution in [0.3, 0.4) is 0 Å². The number of carbonyl (C=O) groups is 11. The van der Waals surface area contributed by atoms with E-state index >= 15 is 4.79 Å². The van der Waals surface area contributed by atoms with Crippen LogP contribution in [0.25, 0.3) is 0 Å². The molecule has 0 spiro atoms. The first-order valence-corrected chi connectivity index (χ1v) is 39.5. The summed E-state index contributed by atoms with van der Waals surface area (Å²) in [7, 11) is 0. The predicted molar refractivity (Wildman–Crippen MR) is 368 cm³/mol. The van der Waals surface area contributed by atoms with E-state index in [0.717, 1.165) is 25.1 Å². The summed E-state index contributed by atoms with van der Waals surface area (Å²) in [5.41, 5.74) is 0. The number of carboxylic acids is 3. The molecule has 0 radical (unpaired) electrons. The second-order valence-electron chi connectivity index (χ2n) is 31.2. The summed E-state index contributed by atoms with van der Waals surface area (Å²) in [4.78, 5) is 203. The van der Waals surface area contributed by atoms with Gasteiger partial charge in [-0.15, -0.1) is 5.06 Å². The van der Waals surface area contributed by atoms with Gasteiger partial charge in [0.25, 0.3) is 5.79 Å². The lowest BCUT2D eigenvalue weighted by Gasteiger charge is -2.56. The summed E-state index contributed by atoms with van der Waals surface area (Å²) >= 11 is 0. The third kappa shape index (κ3) is 17.7. The fraction of sp³-hybridized carbons (Fsp3) is 0.847. The molecule has 0 saturated carbocycles. The van der Waals surface area contributed by atoms with Crippen LogP contribution in [0.4, 0.5) is 0 Å². The highest BCUT2D eigenvalue weighted by Crippen LogP contribution is 2.48. The average molecular weight is 1550 g/mol. The van der Waals surface area contributed by atoms with Gasteiger partial charge in [-0.2, -0.15) is 30.4 Å². The quantitative estimate of drug-likeness (QED) is 0.0542. The molecule has 0 amide bonds. The Balaban J connectivity index is 1.03. The minimum Gasteiger partial charge on any atom is -0.480 e. The predicted octanol–water partition coefficient (Wildman–Crippen LogP) is -1.09. The van der Waals surface area contributed by atoms with Crippen molar-refractivity contribution in [2.24, 2.45) is 5.92 Å². The molecule has 13 aliphatic rings. The Labute approximate surface area is 631 Å². The molecule has 0 aromatic carbocycles. The summed E-state index contributed by atoms with van der Waals surface area (Å²) in [5, 5.41) is 55.4.